The lowest BCUT2D eigenvalue weighted by molar-refractivity contribution is -0.154. The van der Waals surface area contributed by atoms with Crippen molar-refractivity contribution in [1.29, 1.82) is 0 Å². The molecule has 0 amide bonds. The maximum atomic E-state index is 12.2. The Balaban J connectivity index is 0.00000392. The fourth-order valence-corrected chi connectivity index (χ4v) is 2.36. The van der Waals surface area contributed by atoms with Gasteiger partial charge in [0.15, 0.2) is 12.6 Å². The summed E-state index contributed by atoms with van der Waals surface area (Å²) in [5.74, 6) is 0.670. The van der Waals surface area contributed by atoms with Crippen molar-refractivity contribution in [2.45, 2.75) is 26.2 Å². The number of alkyl halides is 3. The summed E-state index contributed by atoms with van der Waals surface area (Å²) >= 11 is 0. The number of aliphatic imine (C=N–C) groups is 1. The first-order chi connectivity index (χ1) is 12.8. The molecule has 0 spiro atoms. The molecular weight excluding hydrogens is 486 g/mol. The fraction of sp³-hybridized carbons (Fsp3) is 0.444. The van der Waals surface area contributed by atoms with Crippen molar-refractivity contribution >= 4 is 29.9 Å². The molecule has 2 rings (SSSR count). The second-order valence-corrected chi connectivity index (χ2v) is 6.05. The number of aromatic nitrogens is 2. The number of guanidine groups is 1. The molecule has 0 aliphatic rings. The zero-order valence-electron chi connectivity index (χ0n) is 16.0. The highest BCUT2D eigenvalue weighted by atomic mass is 127. The average molecular weight is 511 g/mol. The first-order valence-corrected chi connectivity index (χ1v) is 8.52. The fourth-order valence-electron chi connectivity index (χ4n) is 2.36. The number of rotatable bonds is 7. The summed E-state index contributed by atoms with van der Waals surface area (Å²) in [5.41, 5.74) is 1.92. The lowest BCUT2D eigenvalue weighted by Crippen LogP contribution is -2.38. The number of pyridine rings is 1. The molecule has 0 bridgehead atoms. The Morgan fingerprint density at radius 2 is 2.07 bits per heavy atom. The molecule has 1 N–H and O–H groups in total. The summed E-state index contributed by atoms with van der Waals surface area (Å²) in [6, 6.07) is 7.10. The Morgan fingerprint density at radius 1 is 1.32 bits per heavy atom. The van der Waals surface area contributed by atoms with Crippen LogP contribution in [0.4, 0.5) is 13.2 Å². The Hall–Kier alpha value is -1.98. The van der Waals surface area contributed by atoms with E-state index in [-0.39, 0.29) is 29.9 Å². The molecular formula is C18H25F3IN5O. The summed E-state index contributed by atoms with van der Waals surface area (Å²) in [6.45, 7) is 2.40. The quantitative estimate of drug-likeness (QED) is 0.351. The third-order valence-corrected chi connectivity index (χ3v) is 3.74. The Morgan fingerprint density at radius 3 is 2.61 bits per heavy atom. The molecule has 0 saturated carbocycles. The molecule has 2 heterocycles. The highest BCUT2D eigenvalue weighted by Gasteiger charge is 2.28. The molecule has 6 nitrogen and oxygen atoms in total. The van der Waals surface area contributed by atoms with Gasteiger partial charge in [0.1, 0.15) is 0 Å². The van der Waals surface area contributed by atoms with E-state index in [0.29, 0.717) is 13.1 Å². The Bertz CT molecular complexity index is 746. The van der Waals surface area contributed by atoms with Gasteiger partial charge in [-0.3, -0.25) is 0 Å². The Kier molecular flexibility index (Phi) is 9.56. The monoisotopic (exact) mass is 511 g/mol. The van der Waals surface area contributed by atoms with Gasteiger partial charge >= 0.3 is 6.18 Å². The maximum Gasteiger partial charge on any atom is 0.422 e. The van der Waals surface area contributed by atoms with E-state index >= 15 is 0 Å². The van der Waals surface area contributed by atoms with E-state index in [1.54, 1.807) is 6.07 Å². The summed E-state index contributed by atoms with van der Waals surface area (Å²) in [7, 11) is 3.93. The van der Waals surface area contributed by atoms with E-state index < -0.39 is 12.8 Å². The first-order valence-electron chi connectivity index (χ1n) is 8.52. The van der Waals surface area contributed by atoms with Crippen LogP contribution in [0.15, 0.2) is 41.7 Å². The normalized spacial score (nSPS) is 11.7. The number of hydrogen-bond donors (Lipinski definition) is 1. The van der Waals surface area contributed by atoms with E-state index in [1.807, 2.05) is 48.8 Å². The van der Waals surface area contributed by atoms with Crippen molar-refractivity contribution in [2.24, 2.45) is 12.0 Å². The van der Waals surface area contributed by atoms with Crippen LogP contribution in [0.5, 0.6) is 5.88 Å². The molecule has 0 fully saturated rings. The van der Waals surface area contributed by atoms with Gasteiger partial charge in [0.2, 0.25) is 5.88 Å². The summed E-state index contributed by atoms with van der Waals surface area (Å²) in [5, 5.41) is 3.23. The van der Waals surface area contributed by atoms with Crippen LogP contribution in [0.3, 0.4) is 0 Å². The molecule has 0 radical (unpaired) electrons. The first kappa shape index (κ1) is 24.1. The predicted molar refractivity (Wildman–Crippen MR) is 113 cm³/mol. The summed E-state index contributed by atoms with van der Waals surface area (Å²) < 4.78 is 43.1. The number of aryl methyl sites for hydroxylation is 1. The van der Waals surface area contributed by atoms with Gasteiger partial charge in [-0.25, -0.2) is 9.98 Å². The minimum absolute atomic E-state index is 0. The smallest absolute Gasteiger partial charge is 0.422 e. The zero-order valence-corrected chi connectivity index (χ0v) is 18.4. The molecule has 0 saturated heterocycles. The zero-order chi connectivity index (χ0) is 19.9. The molecule has 156 valence electrons. The van der Waals surface area contributed by atoms with Gasteiger partial charge in [-0.1, -0.05) is 6.07 Å². The van der Waals surface area contributed by atoms with E-state index in [1.165, 1.54) is 12.3 Å². The Labute approximate surface area is 179 Å². The number of hydrogen-bond acceptors (Lipinski definition) is 3. The number of nitrogens with zero attached hydrogens (tertiary/aromatic N) is 4. The van der Waals surface area contributed by atoms with Gasteiger partial charge < -0.3 is 19.5 Å². The lowest BCUT2D eigenvalue weighted by Gasteiger charge is -2.22. The maximum absolute atomic E-state index is 12.2. The molecule has 0 aliphatic carbocycles. The molecule has 0 aliphatic heterocycles. The highest BCUT2D eigenvalue weighted by molar-refractivity contribution is 14.0. The lowest BCUT2D eigenvalue weighted by atomic mass is 10.3. The molecule has 0 unspecified atom stereocenters. The molecule has 0 atom stereocenters. The van der Waals surface area contributed by atoms with Gasteiger partial charge in [0.05, 0.1) is 13.1 Å². The van der Waals surface area contributed by atoms with Crippen LogP contribution in [0.2, 0.25) is 0 Å². The van der Waals surface area contributed by atoms with Crippen LogP contribution < -0.4 is 10.1 Å². The van der Waals surface area contributed by atoms with Gasteiger partial charge in [0.25, 0.3) is 0 Å². The predicted octanol–water partition coefficient (Wildman–Crippen LogP) is 3.58. The number of nitrogens with one attached hydrogen (secondary N) is 1. The van der Waals surface area contributed by atoms with Crippen molar-refractivity contribution in [3.05, 3.63) is 47.9 Å². The summed E-state index contributed by atoms with van der Waals surface area (Å²) in [4.78, 5) is 10.5. The molecule has 2 aromatic rings. The van der Waals surface area contributed by atoms with E-state index in [0.717, 1.165) is 23.8 Å². The minimum Gasteiger partial charge on any atom is -0.468 e. The minimum atomic E-state index is -4.38. The van der Waals surface area contributed by atoms with Crippen LogP contribution in [-0.4, -0.2) is 46.8 Å². The van der Waals surface area contributed by atoms with Crippen LogP contribution >= 0.6 is 24.0 Å². The standard InChI is InChI=1S/C18H24F3N5O.HI/c1-4-22-17(26(3)12-15-6-5-9-25(15)2)24-11-14-7-8-16(23-10-14)27-13-18(19,20)21;/h5-10H,4,11-13H2,1-3H3,(H,22,24);1H. The van der Waals surface area contributed by atoms with Crippen molar-refractivity contribution in [2.75, 3.05) is 20.2 Å². The van der Waals surface area contributed by atoms with Crippen molar-refractivity contribution in [3.8, 4) is 5.88 Å². The number of ether oxygens (including phenoxy) is 1. The topological polar surface area (TPSA) is 54.7 Å². The van der Waals surface area contributed by atoms with Crippen molar-refractivity contribution < 1.29 is 17.9 Å². The van der Waals surface area contributed by atoms with E-state index in [9.17, 15) is 13.2 Å². The van der Waals surface area contributed by atoms with E-state index in [2.05, 4.69) is 20.0 Å². The summed E-state index contributed by atoms with van der Waals surface area (Å²) in [6.07, 6.45) is -0.925. The van der Waals surface area contributed by atoms with Crippen LogP contribution in [0.25, 0.3) is 0 Å². The van der Waals surface area contributed by atoms with Gasteiger partial charge in [-0.15, -0.1) is 24.0 Å². The highest BCUT2D eigenvalue weighted by Crippen LogP contribution is 2.17. The third kappa shape index (κ3) is 7.95. The second-order valence-electron chi connectivity index (χ2n) is 6.05. The SMILES string of the molecule is CCNC(=NCc1ccc(OCC(F)(F)F)nc1)N(C)Cc1cccn1C.I. The van der Waals surface area contributed by atoms with Gasteiger partial charge in [-0.2, -0.15) is 13.2 Å². The second kappa shape index (κ2) is 11.1. The molecule has 28 heavy (non-hydrogen) atoms. The van der Waals surface area contributed by atoms with Crippen molar-refractivity contribution in [1.82, 2.24) is 19.8 Å². The van der Waals surface area contributed by atoms with Crippen molar-refractivity contribution in [3.63, 3.8) is 0 Å². The third-order valence-electron chi connectivity index (χ3n) is 3.74. The number of halogens is 4. The molecule has 10 heteroatoms. The van der Waals surface area contributed by atoms with Gasteiger partial charge in [-0.05, 0) is 24.6 Å². The van der Waals surface area contributed by atoms with Crippen LogP contribution in [0, 0.1) is 0 Å². The van der Waals surface area contributed by atoms with Gasteiger partial charge in [0, 0.05) is 44.8 Å². The molecule has 0 aromatic carbocycles. The van der Waals surface area contributed by atoms with E-state index in [4.69, 9.17) is 0 Å². The van der Waals surface area contributed by atoms with Crippen LogP contribution in [-0.2, 0) is 20.1 Å². The average Bonchev–Trinajstić information content (AvgIpc) is 3.01. The molecule has 2 aromatic heterocycles. The van der Waals surface area contributed by atoms with Crippen LogP contribution in [0.1, 0.15) is 18.2 Å². The largest absolute Gasteiger partial charge is 0.468 e.